The SMILES string of the molecule is O=c1c(-c2ccc(OCOP(O)O)cc2)coc2cc(O)cc(O)c12. The number of hydrogen-bond acceptors (Lipinski definition) is 8. The quantitative estimate of drug-likeness (QED) is 0.401. The third-order valence-electron chi connectivity index (χ3n) is 3.40. The van der Waals surface area contributed by atoms with E-state index in [1.807, 2.05) is 0 Å². The molecule has 0 atom stereocenters. The minimum absolute atomic E-state index is 0.0247. The van der Waals surface area contributed by atoms with E-state index >= 15 is 0 Å². The zero-order chi connectivity index (χ0) is 18.0. The highest BCUT2D eigenvalue weighted by Crippen LogP contribution is 2.30. The van der Waals surface area contributed by atoms with Gasteiger partial charge in [-0.05, 0) is 17.7 Å². The van der Waals surface area contributed by atoms with Crippen molar-refractivity contribution in [1.82, 2.24) is 0 Å². The van der Waals surface area contributed by atoms with E-state index < -0.39 is 14.0 Å². The van der Waals surface area contributed by atoms with Crippen LogP contribution in [0.4, 0.5) is 0 Å². The van der Waals surface area contributed by atoms with E-state index in [2.05, 4.69) is 4.52 Å². The Morgan fingerprint density at radius 1 is 1.08 bits per heavy atom. The van der Waals surface area contributed by atoms with Crippen molar-refractivity contribution in [2.24, 2.45) is 0 Å². The van der Waals surface area contributed by atoms with Crippen LogP contribution in [0.2, 0.25) is 0 Å². The van der Waals surface area contributed by atoms with Gasteiger partial charge >= 0.3 is 8.60 Å². The van der Waals surface area contributed by atoms with Crippen LogP contribution in [0.25, 0.3) is 22.1 Å². The van der Waals surface area contributed by atoms with Crippen molar-refractivity contribution in [3.8, 4) is 28.4 Å². The van der Waals surface area contributed by atoms with Gasteiger partial charge in [0.05, 0.1) is 5.56 Å². The van der Waals surface area contributed by atoms with Gasteiger partial charge in [0.1, 0.15) is 34.5 Å². The first-order chi connectivity index (χ1) is 12.0. The van der Waals surface area contributed by atoms with Gasteiger partial charge in [0.2, 0.25) is 5.43 Å². The number of phenols is 2. The highest BCUT2D eigenvalue weighted by atomic mass is 31.2. The maximum atomic E-state index is 12.6. The molecule has 0 amide bonds. The van der Waals surface area contributed by atoms with E-state index in [0.29, 0.717) is 11.3 Å². The van der Waals surface area contributed by atoms with E-state index in [-0.39, 0.29) is 34.8 Å². The molecule has 0 aliphatic heterocycles. The number of aromatic hydroxyl groups is 2. The molecule has 3 rings (SSSR count). The summed E-state index contributed by atoms with van der Waals surface area (Å²) in [4.78, 5) is 29.8. The fraction of sp³-hybridized carbons (Fsp3) is 0.0625. The van der Waals surface area contributed by atoms with Gasteiger partial charge in [-0.25, -0.2) is 0 Å². The molecule has 0 spiro atoms. The van der Waals surface area contributed by atoms with E-state index in [4.69, 9.17) is 18.9 Å². The summed E-state index contributed by atoms with van der Waals surface area (Å²) in [7, 11) is -2.49. The average Bonchev–Trinajstić information content (AvgIpc) is 2.55. The second kappa shape index (κ2) is 7.08. The molecule has 3 aromatic rings. The molecule has 0 saturated carbocycles. The Labute approximate surface area is 142 Å². The molecule has 130 valence electrons. The lowest BCUT2D eigenvalue weighted by atomic mass is 10.0. The van der Waals surface area contributed by atoms with E-state index in [0.717, 1.165) is 6.07 Å². The van der Waals surface area contributed by atoms with Crippen molar-refractivity contribution in [2.75, 3.05) is 6.79 Å². The number of fused-ring (bicyclic) bond motifs is 1. The van der Waals surface area contributed by atoms with Crippen LogP contribution in [0.5, 0.6) is 17.2 Å². The molecule has 9 heteroatoms. The van der Waals surface area contributed by atoms with E-state index in [1.54, 1.807) is 24.3 Å². The Morgan fingerprint density at radius 3 is 2.48 bits per heavy atom. The molecule has 0 aliphatic carbocycles. The summed E-state index contributed by atoms with van der Waals surface area (Å²) in [5, 5.41) is 19.3. The predicted molar refractivity (Wildman–Crippen MR) is 89.2 cm³/mol. The van der Waals surface area contributed by atoms with Gasteiger partial charge in [0.15, 0.2) is 6.79 Å². The molecular formula is C16H13O8P. The van der Waals surface area contributed by atoms with E-state index in [1.165, 1.54) is 12.3 Å². The molecule has 4 N–H and O–H groups in total. The molecule has 1 heterocycles. The number of hydrogen-bond donors (Lipinski definition) is 4. The van der Waals surface area contributed by atoms with Gasteiger partial charge in [0, 0.05) is 12.1 Å². The van der Waals surface area contributed by atoms with Gasteiger partial charge in [-0.3, -0.25) is 9.32 Å². The van der Waals surface area contributed by atoms with Crippen LogP contribution in [0.15, 0.2) is 51.9 Å². The fourth-order valence-electron chi connectivity index (χ4n) is 2.29. The van der Waals surface area contributed by atoms with Gasteiger partial charge < -0.3 is 29.2 Å². The minimum Gasteiger partial charge on any atom is -0.508 e. The summed E-state index contributed by atoms with van der Waals surface area (Å²) in [6.07, 6.45) is 1.24. The summed E-state index contributed by atoms with van der Waals surface area (Å²) >= 11 is 0. The summed E-state index contributed by atoms with van der Waals surface area (Å²) in [6, 6.07) is 8.65. The molecule has 0 saturated heterocycles. The second-order valence-electron chi connectivity index (χ2n) is 4.98. The van der Waals surface area contributed by atoms with Crippen LogP contribution in [0.1, 0.15) is 0 Å². The Balaban J connectivity index is 1.92. The smallest absolute Gasteiger partial charge is 0.330 e. The van der Waals surface area contributed by atoms with Crippen molar-refractivity contribution in [3.05, 3.63) is 52.9 Å². The summed E-state index contributed by atoms with van der Waals surface area (Å²) < 4.78 is 15.0. The molecular weight excluding hydrogens is 351 g/mol. The zero-order valence-electron chi connectivity index (χ0n) is 12.6. The van der Waals surface area contributed by atoms with Crippen molar-refractivity contribution in [3.63, 3.8) is 0 Å². The first kappa shape index (κ1) is 17.2. The van der Waals surface area contributed by atoms with Gasteiger partial charge in [-0.1, -0.05) is 12.1 Å². The highest BCUT2D eigenvalue weighted by Gasteiger charge is 2.14. The third kappa shape index (κ3) is 3.72. The third-order valence-corrected chi connectivity index (χ3v) is 3.74. The van der Waals surface area contributed by atoms with Gasteiger partial charge in [0.25, 0.3) is 0 Å². The normalized spacial score (nSPS) is 11.2. The maximum absolute atomic E-state index is 12.6. The number of phenolic OH excluding ortho intramolecular Hbond substituents is 2. The molecule has 1 aromatic heterocycles. The predicted octanol–water partition coefficient (Wildman–Crippen LogP) is 2.44. The van der Waals surface area contributed by atoms with Crippen LogP contribution in [0, 0.1) is 0 Å². The molecule has 8 nitrogen and oxygen atoms in total. The first-order valence-corrected chi connectivity index (χ1v) is 8.14. The van der Waals surface area contributed by atoms with Gasteiger partial charge in [-0.15, -0.1) is 0 Å². The summed E-state index contributed by atoms with van der Waals surface area (Å²) in [5.74, 6) is -0.176. The first-order valence-electron chi connectivity index (χ1n) is 6.97. The lowest BCUT2D eigenvalue weighted by Crippen LogP contribution is -2.05. The van der Waals surface area contributed by atoms with E-state index in [9.17, 15) is 15.0 Å². The van der Waals surface area contributed by atoms with Crippen molar-refractivity contribution >= 4 is 19.6 Å². The van der Waals surface area contributed by atoms with Crippen LogP contribution in [-0.4, -0.2) is 26.8 Å². The summed E-state index contributed by atoms with van der Waals surface area (Å²) in [5.41, 5.74) is 0.392. The van der Waals surface area contributed by atoms with Crippen molar-refractivity contribution < 1.29 is 33.7 Å². The molecule has 25 heavy (non-hydrogen) atoms. The van der Waals surface area contributed by atoms with Crippen molar-refractivity contribution in [2.45, 2.75) is 0 Å². The number of ether oxygens (including phenoxy) is 1. The maximum Gasteiger partial charge on any atom is 0.330 e. The number of benzene rings is 2. The number of rotatable bonds is 5. The molecule has 0 bridgehead atoms. The van der Waals surface area contributed by atoms with Gasteiger partial charge in [-0.2, -0.15) is 0 Å². The minimum atomic E-state index is -2.49. The molecule has 0 radical (unpaired) electrons. The molecule has 2 aromatic carbocycles. The summed E-state index contributed by atoms with van der Waals surface area (Å²) in [6.45, 7) is -0.326. The Morgan fingerprint density at radius 2 is 1.80 bits per heavy atom. The lowest BCUT2D eigenvalue weighted by Gasteiger charge is -2.08. The van der Waals surface area contributed by atoms with Crippen LogP contribution in [-0.2, 0) is 4.52 Å². The standard InChI is InChI=1S/C16H13O8P/c17-10-5-13(18)15-14(6-10)22-7-12(16(15)19)9-1-3-11(4-2-9)23-8-24-25(20)21/h1-7,17-18,20-21H,8H2. The highest BCUT2D eigenvalue weighted by molar-refractivity contribution is 7.39. The monoisotopic (exact) mass is 364 g/mol. The Hall–Kier alpha value is -2.64. The molecule has 0 unspecified atom stereocenters. The largest absolute Gasteiger partial charge is 0.508 e. The fourth-order valence-corrected chi connectivity index (χ4v) is 2.44. The Bertz CT molecular complexity index is 949. The second-order valence-corrected chi connectivity index (χ2v) is 5.75. The average molecular weight is 364 g/mol. The molecule has 0 aliphatic rings. The van der Waals surface area contributed by atoms with Crippen LogP contribution < -0.4 is 10.2 Å². The topological polar surface area (TPSA) is 130 Å². The van der Waals surface area contributed by atoms with Crippen LogP contribution >= 0.6 is 8.60 Å². The Kier molecular flexibility index (Phi) is 4.87. The van der Waals surface area contributed by atoms with Crippen LogP contribution in [0.3, 0.4) is 0 Å². The molecule has 0 fully saturated rings. The zero-order valence-corrected chi connectivity index (χ0v) is 13.5. The van der Waals surface area contributed by atoms with Crippen molar-refractivity contribution in [1.29, 1.82) is 0 Å². The lowest BCUT2D eigenvalue weighted by molar-refractivity contribution is 0.105.